The molecule has 11 heavy (non-hydrogen) atoms. The maximum absolute atomic E-state index is 10.8. The van der Waals surface area contributed by atoms with E-state index in [2.05, 4.69) is 4.74 Å². The van der Waals surface area contributed by atoms with Gasteiger partial charge in [0.15, 0.2) is 0 Å². The van der Waals surface area contributed by atoms with Crippen molar-refractivity contribution in [3.05, 3.63) is 0 Å². The standard InChI is InChI=1S/C7H14O4/c1-11-7(10)6(5-9)3-2-4-8/h6,8-9H,2-5H2,1H3. The molecular formula is C7H14O4. The fourth-order valence-electron chi connectivity index (χ4n) is 0.788. The molecular weight excluding hydrogens is 148 g/mol. The van der Waals surface area contributed by atoms with E-state index in [0.717, 1.165) is 0 Å². The number of aliphatic hydroxyl groups is 2. The number of carbonyl (C=O) groups is 1. The molecule has 4 nitrogen and oxygen atoms in total. The van der Waals surface area contributed by atoms with Crippen LogP contribution >= 0.6 is 0 Å². The minimum atomic E-state index is -0.479. The largest absolute Gasteiger partial charge is 0.469 e. The number of aliphatic hydroxyl groups excluding tert-OH is 2. The zero-order chi connectivity index (χ0) is 8.69. The highest BCUT2D eigenvalue weighted by Gasteiger charge is 2.16. The third-order valence-electron chi connectivity index (χ3n) is 1.47. The first-order valence-corrected chi connectivity index (χ1v) is 3.55. The van der Waals surface area contributed by atoms with Crippen LogP contribution in [0.2, 0.25) is 0 Å². The summed E-state index contributed by atoms with van der Waals surface area (Å²) in [5.41, 5.74) is 0. The van der Waals surface area contributed by atoms with Crippen LogP contribution < -0.4 is 0 Å². The Labute approximate surface area is 65.8 Å². The lowest BCUT2D eigenvalue weighted by molar-refractivity contribution is -0.147. The van der Waals surface area contributed by atoms with Crippen molar-refractivity contribution in [2.75, 3.05) is 20.3 Å². The lowest BCUT2D eigenvalue weighted by Gasteiger charge is -2.09. The molecule has 0 aliphatic carbocycles. The lowest BCUT2D eigenvalue weighted by atomic mass is 10.1. The number of carbonyl (C=O) groups excluding carboxylic acids is 1. The molecule has 0 fully saturated rings. The maximum Gasteiger partial charge on any atom is 0.310 e. The summed E-state index contributed by atoms with van der Waals surface area (Å²) in [5.74, 6) is -0.895. The SMILES string of the molecule is COC(=O)C(CO)CCCO. The Kier molecular flexibility index (Phi) is 5.78. The monoisotopic (exact) mass is 162 g/mol. The van der Waals surface area contributed by atoms with Crippen molar-refractivity contribution >= 4 is 5.97 Å². The van der Waals surface area contributed by atoms with Crippen LogP contribution in [0.25, 0.3) is 0 Å². The topological polar surface area (TPSA) is 66.8 Å². The molecule has 1 unspecified atom stereocenters. The summed E-state index contributed by atoms with van der Waals surface area (Å²) >= 11 is 0. The third-order valence-corrected chi connectivity index (χ3v) is 1.47. The summed E-state index contributed by atoms with van der Waals surface area (Å²) < 4.78 is 4.42. The van der Waals surface area contributed by atoms with Gasteiger partial charge in [0, 0.05) is 6.61 Å². The maximum atomic E-state index is 10.8. The molecule has 0 amide bonds. The van der Waals surface area contributed by atoms with Crippen molar-refractivity contribution in [2.45, 2.75) is 12.8 Å². The summed E-state index contributed by atoms with van der Waals surface area (Å²) in [6.07, 6.45) is 0.986. The zero-order valence-corrected chi connectivity index (χ0v) is 6.62. The van der Waals surface area contributed by atoms with Gasteiger partial charge in [0.2, 0.25) is 0 Å². The first kappa shape index (κ1) is 10.4. The van der Waals surface area contributed by atoms with Crippen LogP contribution in [0.4, 0.5) is 0 Å². The quantitative estimate of drug-likeness (QED) is 0.537. The van der Waals surface area contributed by atoms with E-state index >= 15 is 0 Å². The van der Waals surface area contributed by atoms with Gasteiger partial charge in [-0.2, -0.15) is 0 Å². The Bertz CT molecular complexity index is 113. The Balaban J connectivity index is 3.65. The third kappa shape index (κ3) is 3.95. The van der Waals surface area contributed by atoms with E-state index in [-0.39, 0.29) is 13.2 Å². The molecule has 0 rings (SSSR count). The molecule has 0 saturated heterocycles. The second-order valence-corrected chi connectivity index (χ2v) is 2.27. The van der Waals surface area contributed by atoms with Crippen LogP contribution in [0, 0.1) is 5.92 Å². The van der Waals surface area contributed by atoms with Crippen LogP contribution in [0.1, 0.15) is 12.8 Å². The molecule has 0 heterocycles. The molecule has 0 aromatic rings. The molecule has 0 aromatic carbocycles. The van der Waals surface area contributed by atoms with Crippen LogP contribution in [-0.4, -0.2) is 36.5 Å². The number of hydrogen-bond donors (Lipinski definition) is 2. The molecule has 0 bridgehead atoms. The minimum Gasteiger partial charge on any atom is -0.469 e. The Morgan fingerprint density at radius 3 is 2.55 bits per heavy atom. The second kappa shape index (κ2) is 6.12. The highest BCUT2D eigenvalue weighted by molar-refractivity contribution is 5.72. The number of hydrogen-bond acceptors (Lipinski definition) is 4. The van der Waals surface area contributed by atoms with Gasteiger partial charge in [0.05, 0.1) is 19.6 Å². The molecule has 66 valence electrons. The van der Waals surface area contributed by atoms with Gasteiger partial charge in [-0.25, -0.2) is 0 Å². The fraction of sp³-hybridized carbons (Fsp3) is 0.857. The second-order valence-electron chi connectivity index (χ2n) is 2.27. The van der Waals surface area contributed by atoms with Gasteiger partial charge in [-0.05, 0) is 12.8 Å². The van der Waals surface area contributed by atoms with Crippen LogP contribution in [0.5, 0.6) is 0 Å². The van der Waals surface area contributed by atoms with E-state index in [0.29, 0.717) is 12.8 Å². The van der Waals surface area contributed by atoms with Crippen molar-refractivity contribution < 1.29 is 19.7 Å². The fourth-order valence-corrected chi connectivity index (χ4v) is 0.788. The highest BCUT2D eigenvalue weighted by Crippen LogP contribution is 2.06. The van der Waals surface area contributed by atoms with Gasteiger partial charge in [0.25, 0.3) is 0 Å². The number of ether oxygens (including phenoxy) is 1. The van der Waals surface area contributed by atoms with Crippen LogP contribution in [-0.2, 0) is 9.53 Å². The van der Waals surface area contributed by atoms with Crippen molar-refractivity contribution in [3.63, 3.8) is 0 Å². The molecule has 0 aromatic heterocycles. The molecule has 2 N–H and O–H groups in total. The predicted octanol–water partition coefficient (Wildman–Crippen LogP) is -0.460. The van der Waals surface area contributed by atoms with Crippen molar-refractivity contribution in [1.82, 2.24) is 0 Å². The van der Waals surface area contributed by atoms with Crippen molar-refractivity contribution in [3.8, 4) is 0 Å². The summed E-state index contributed by atoms with van der Waals surface area (Å²) in [7, 11) is 1.28. The summed E-state index contributed by atoms with van der Waals surface area (Å²) in [6, 6.07) is 0. The van der Waals surface area contributed by atoms with E-state index in [9.17, 15) is 4.79 Å². The minimum absolute atomic E-state index is 0.0352. The van der Waals surface area contributed by atoms with Gasteiger partial charge in [-0.1, -0.05) is 0 Å². The average Bonchev–Trinajstić information content (AvgIpc) is 2.05. The molecule has 4 heteroatoms. The van der Waals surface area contributed by atoms with Gasteiger partial charge in [-0.3, -0.25) is 4.79 Å². The van der Waals surface area contributed by atoms with Crippen molar-refractivity contribution in [1.29, 1.82) is 0 Å². The van der Waals surface area contributed by atoms with E-state index in [4.69, 9.17) is 10.2 Å². The summed E-state index contributed by atoms with van der Waals surface area (Å²) in [5, 5.41) is 17.1. The Hall–Kier alpha value is -0.610. The van der Waals surface area contributed by atoms with E-state index in [1.54, 1.807) is 0 Å². The number of esters is 1. The molecule has 1 atom stereocenters. The van der Waals surface area contributed by atoms with Gasteiger partial charge < -0.3 is 14.9 Å². The predicted molar refractivity (Wildman–Crippen MR) is 38.9 cm³/mol. The highest BCUT2D eigenvalue weighted by atomic mass is 16.5. The molecule has 0 aliphatic heterocycles. The van der Waals surface area contributed by atoms with Crippen molar-refractivity contribution in [2.24, 2.45) is 5.92 Å². The van der Waals surface area contributed by atoms with E-state index in [1.165, 1.54) is 7.11 Å². The lowest BCUT2D eigenvalue weighted by Crippen LogP contribution is -2.20. The van der Waals surface area contributed by atoms with Gasteiger partial charge in [0.1, 0.15) is 0 Å². The van der Waals surface area contributed by atoms with Crippen LogP contribution in [0.3, 0.4) is 0 Å². The molecule has 0 radical (unpaired) electrons. The first-order chi connectivity index (χ1) is 5.26. The average molecular weight is 162 g/mol. The normalized spacial score (nSPS) is 12.6. The zero-order valence-electron chi connectivity index (χ0n) is 6.62. The number of methoxy groups -OCH3 is 1. The van der Waals surface area contributed by atoms with Crippen LogP contribution in [0.15, 0.2) is 0 Å². The Morgan fingerprint density at radius 2 is 2.18 bits per heavy atom. The van der Waals surface area contributed by atoms with Gasteiger partial charge in [-0.15, -0.1) is 0 Å². The summed E-state index contributed by atoms with van der Waals surface area (Å²) in [4.78, 5) is 10.8. The van der Waals surface area contributed by atoms with E-state index in [1.807, 2.05) is 0 Å². The molecule has 0 saturated carbocycles. The first-order valence-electron chi connectivity index (χ1n) is 3.55. The smallest absolute Gasteiger partial charge is 0.310 e. The van der Waals surface area contributed by atoms with Gasteiger partial charge >= 0.3 is 5.97 Å². The van der Waals surface area contributed by atoms with E-state index < -0.39 is 11.9 Å². The summed E-state index contributed by atoms with van der Waals surface area (Å²) in [6.45, 7) is -0.180. The molecule has 0 spiro atoms. The molecule has 0 aliphatic rings. The Morgan fingerprint density at radius 1 is 1.55 bits per heavy atom. The number of rotatable bonds is 5.